The van der Waals surface area contributed by atoms with Crippen LogP contribution in [0.4, 0.5) is 5.82 Å². The minimum absolute atomic E-state index is 0. The van der Waals surface area contributed by atoms with Crippen LogP contribution in [-0.2, 0) is 0 Å². The molecule has 2 N–H and O–H groups in total. The molecule has 4 rings (SSSR count). The molecule has 4 nitrogen and oxygen atoms in total. The summed E-state index contributed by atoms with van der Waals surface area (Å²) >= 11 is 0. The maximum Gasteiger partial charge on any atom is 0.251 e. The lowest BCUT2D eigenvalue weighted by Crippen LogP contribution is -2.40. The Bertz CT molecular complexity index is 951. The third kappa shape index (κ3) is 4.82. The Kier molecular flexibility index (Phi) is 6.53. The van der Waals surface area contributed by atoms with E-state index in [1.165, 1.54) is 0 Å². The highest BCUT2D eigenvalue weighted by Crippen LogP contribution is 2.23. The lowest BCUT2D eigenvalue weighted by Gasteiger charge is -2.30. The molecule has 0 aliphatic heterocycles. The van der Waals surface area contributed by atoms with Crippen molar-refractivity contribution in [3.8, 4) is 0 Å². The summed E-state index contributed by atoms with van der Waals surface area (Å²) in [5, 5.41) is 7.91. The molecule has 5 heteroatoms. The van der Waals surface area contributed by atoms with Crippen LogP contribution in [0.15, 0.2) is 60.7 Å². The van der Waals surface area contributed by atoms with Crippen LogP contribution in [0.3, 0.4) is 0 Å². The van der Waals surface area contributed by atoms with Crippen molar-refractivity contribution in [1.29, 1.82) is 0 Å². The molecular formula is C23H26ClN3O. The van der Waals surface area contributed by atoms with Crippen molar-refractivity contribution in [2.75, 3.05) is 5.32 Å². The number of amides is 1. The second kappa shape index (κ2) is 9.07. The maximum absolute atomic E-state index is 12.4. The van der Waals surface area contributed by atoms with Gasteiger partial charge in [0.2, 0.25) is 0 Å². The van der Waals surface area contributed by atoms with E-state index in [9.17, 15) is 4.79 Å². The molecule has 1 saturated carbocycles. The highest BCUT2D eigenvalue weighted by atomic mass is 35.5. The predicted molar refractivity (Wildman–Crippen MR) is 117 cm³/mol. The van der Waals surface area contributed by atoms with Crippen LogP contribution in [0.25, 0.3) is 10.9 Å². The number of nitrogens with zero attached hydrogens (tertiary/aromatic N) is 1. The van der Waals surface area contributed by atoms with Crippen LogP contribution in [0.1, 0.15) is 41.6 Å². The number of carbonyl (C=O) groups excluding carboxylic acids is 1. The zero-order valence-electron chi connectivity index (χ0n) is 16.0. The maximum atomic E-state index is 12.4. The number of rotatable bonds is 4. The lowest BCUT2D eigenvalue weighted by molar-refractivity contribution is 0.0926. The fourth-order valence-electron chi connectivity index (χ4n) is 3.79. The topological polar surface area (TPSA) is 54.0 Å². The van der Waals surface area contributed by atoms with Gasteiger partial charge in [-0.2, -0.15) is 0 Å². The van der Waals surface area contributed by atoms with Crippen LogP contribution in [0.5, 0.6) is 0 Å². The van der Waals surface area contributed by atoms with Gasteiger partial charge in [0.25, 0.3) is 5.91 Å². The van der Waals surface area contributed by atoms with Gasteiger partial charge in [-0.1, -0.05) is 35.9 Å². The number of para-hydroxylation sites is 1. The first-order valence-electron chi connectivity index (χ1n) is 9.67. The zero-order chi connectivity index (χ0) is 18.6. The molecule has 3 aromatic rings. The lowest BCUT2D eigenvalue weighted by atomic mass is 9.91. The fraction of sp³-hybridized carbons (Fsp3) is 0.304. The van der Waals surface area contributed by atoms with E-state index in [2.05, 4.69) is 22.8 Å². The van der Waals surface area contributed by atoms with Crippen LogP contribution < -0.4 is 10.6 Å². The Labute approximate surface area is 172 Å². The predicted octanol–water partition coefficient (Wildman–Crippen LogP) is 5.12. The molecule has 28 heavy (non-hydrogen) atoms. The van der Waals surface area contributed by atoms with Crippen LogP contribution in [-0.4, -0.2) is 23.0 Å². The Morgan fingerprint density at radius 1 is 0.929 bits per heavy atom. The molecule has 1 fully saturated rings. The monoisotopic (exact) mass is 395 g/mol. The second-order valence-electron chi connectivity index (χ2n) is 7.43. The Morgan fingerprint density at radius 3 is 2.46 bits per heavy atom. The molecule has 1 aromatic heterocycles. The van der Waals surface area contributed by atoms with Crippen molar-refractivity contribution >= 4 is 35.0 Å². The van der Waals surface area contributed by atoms with Gasteiger partial charge in [-0.3, -0.25) is 4.79 Å². The highest BCUT2D eigenvalue weighted by Gasteiger charge is 2.23. The number of carbonyl (C=O) groups is 1. The molecule has 0 saturated heterocycles. The number of pyridine rings is 1. The molecular weight excluding hydrogens is 370 g/mol. The van der Waals surface area contributed by atoms with E-state index >= 15 is 0 Å². The van der Waals surface area contributed by atoms with Gasteiger partial charge in [0, 0.05) is 23.0 Å². The number of benzene rings is 2. The number of anilines is 1. The Hall–Kier alpha value is -2.59. The fourth-order valence-corrected chi connectivity index (χ4v) is 3.79. The van der Waals surface area contributed by atoms with Crippen LogP contribution in [0, 0.1) is 6.92 Å². The summed E-state index contributed by atoms with van der Waals surface area (Å²) in [7, 11) is 0. The van der Waals surface area contributed by atoms with Gasteiger partial charge in [-0.15, -0.1) is 12.4 Å². The first kappa shape index (κ1) is 20.2. The highest BCUT2D eigenvalue weighted by molar-refractivity contribution is 5.94. The standard InChI is InChI=1S/C23H25N3O.ClH/c1-16-5-4-7-18(15-16)23(27)25-20-12-10-19(11-13-20)24-22-14-9-17-6-2-3-8-21(17)26-22;/h2-9,14-15,19-20H,10-13H2,1H3,(H,24,26)(H,25,27);1H/t19-,20+;. The van der Waals surface area contributed by atoms with E-state index in [0.717, 1.165) is 53.5 Å². The van der Waals surface area contributed by atoms with E-state index in [0.29, 0.717) is 6.04 Å². The van der Waals surface area contributed by atoms with E-state index in [1.54, 1.807) is 0 Å². The summed E-state index contributed by atoms with van der Waals surface area (Å²) < 4.78 is 0. The number of hydrogen-bond donors (Lipinski definition) is 2. The average molecular weight is 396 g/mol. The molecule has 0 bridgehead atoms. The van der Waals surface area contributed by atoms with E-state index in [1.807, 2.05) is 55.5 Å². The number of aryl methyl sites for hydroxylation is 1. The van der Waals surface area contributed by atoms with Crippen molar-refractivity contribution in [1.82, 2.24) is 10.3 Å². The molecule has 1 amide bonds. The molecule has 2 aromatic carbocycles. The zero-order valence-corrected chi connectivity index (χ0v) is 16.8. The van der Waals surface area contributed by atoms with Crippen molar-refractivity contribution in [2.45, 2.75) is 44.7 Å². The summed E-state index contributed by atoms with van der Waals surface area (Å²) in [6, 6.07) is 20.7. The first-order valence-corrected chi connectivity index (χ1v) is 9.67. The molecule has 0 radical (unpaired) electrons. The summed E-state index contributed by atoms with van der Waals surface area (Å²) in [5.41, 5.74) is 2.87. The van der Waals surface area contributed by atoms with Crippen molar-refractivity contribution < 1.29 is 4.79 Å². The van der Waals surface area contributed by atoms with Gasteiger partial charge >= 0.3 is 0 Å². The van der Waals surface area contributed by atoms with Gasteiger partial charge in [0.1, 0.15) is 5.82 Å². The Morgan fingerprint density at radius 2 is 1.68 bits per heavy atom. The van der Waals surface area contributed by atoms with Gasteiger partial charge in [0.15, 0.2) is 0 Å². The number of nitrogens with one attached hydrogen (secondary N) is 2. The SMILES string of the molecule is Cc1cccc(C(=O)N[C@H]2CC[C@@H](Nc3ccc4ccccc4n3)CC2)c1.Cl. The summed E-state index contributed by atoms with van der Waals surface area (Å²) in [5.74, 6) is 0.965. The van der Waals surface area contributed by atoms with E-state index in [4.69, 9.17) is 4.98 Å². The van der Waals surface area contributed by atoms with Crippen molar-refractivity contribution in [2.24, 2.45) is 0 Å². The van der Waals surface area contributed by atoms with Crippen molar-refractivity contribution in [3.63, 3.8) is 0 Å². The normalized spacial score (nSPS) is 18.9. The number of hydrogen-bond acceptors (Lipinski definition) is 3. The summed E-state index contributed by atoms with van der Waals surface area (Å²) in [6.45, 7) is 2.01. The van der Waals surface area contributed by atoms with Crippen LogP contribution >= 0.6 is 12.4 Å². The van der Waals surface area contributed by atoms with Gasteiger partial charge in [0.05, 0.1) is 5.52 Å². The third-order valence-corrected chi connectivity index (χ3v) is 5.29. The molecule has 0 atom stereocenters. The van der Waals surface area contributed by atoms with Gasteiger partial charge < -0.3 is 10.6 Å². The minimum Gasteiger partial charge on any atom is -0.367 e. The number of fused-ring (bicyclic) bond motifs is 1. The summed E-state index contributed by atoms with van der Waals surface area (Å²) in [6.07, 6.45) is 4.05. The average Bonchev–Trinajstić information content (AvgIpc) is 2.69. The Balaban J connectivity index is 0.00000225. The molecule has 1 aliphatic carbocycles. The quantitative estimate of drug-likeness (QED) is 0.644. The number of aromatic nitrogens is 1. The minimum atomic E-state index is 0. The van der Waals surface area contributed by atoms with E-state index < -0.39 is 0 Å². The summed E-state index contributed by atoms with van der Waals surface area (Å²) in [4.78, 5) is 17.1. The third-order valence-electron chi connectivity index (χ3n) is 5.29. The molecule has 146 valence electrons. The van der Waals surface area contributed by atoms with Crippen LogP contribution in [0.2, 0.25) is 0 Å². The van der Waals surface area contributed by atoms with E-state index in [-0.39, 0.29) is 24.4 Å². The molecule has 1 heterocycles. The second-order valence-corrected chi connectivity index (χ2v) is 7.43. The first-order chi connectivity index (χ1) is 13.2. The van der Waals surface area contributed by atoms with Crippen molar-refractivity contribution in [3.05, 3.63) is 71.8 Å². The largest absolute Gasteiger partial charge is 0.367 e. The smallest absolute Gasteiger partial charge is 0.251 e. The van der Waals surface area contributed by atoms with Gasteiger partial charge in [-0.05, 0) is 62.9 Å². The number of halogens is 1. The van der Waals surface area contributed by atoms with Gasteiger partial charge in [-0.25, -0.2) is 4.98 Å². The molecule has 1 aliphatic rings. The molecule has 0 unspecified atom stereocenters. The molecule has 0 spiro atoms.